The molecule has 2 aliphatic heterocycles. The van der Waals surface area contributed by atoms with Crippen LogP contribution in [0.15, 0.2) is 71.3 Å². The molecular formula is C20H19F6N. The summed E-state index contributed by atoms with van der Waals surface area (Å²) in [7, 11) is 0. The summed E-state index contributed by atoms with van der Waals surface area (Å²) in [5, 5.41) is 0. The van der Waals surface area contributed by atoms with Gasteiger partial charge in [-0.2, -0.15) is 26.3 Å². The Morgan fingerprint density at radius 1 is 1.00 bits per heavy atom. The first kappa shape index (κ1) is 19.6. The Hall–Kier alpha value is -2.18. The first-order valence-corrected chi connectivity index (χ1v) is 8.62. The molecule has 0 fully saturated rings. The third-order valence-corrected chi connectivity index (χ3v) is 5.73. The third kappa shape index (κ3) is 2.87. The van der Waals surface area contributed by atoms with Gasteiger partial charge in [-0.05, 0) is 42.7 Å². The number of allylic oxidation sites excluding steroid dienone is 9. The van der Waals surface area contributed by atoms with Crippen molar-refractivity contribution in [2.75, 3.05) is 0 Å². The molecule has 0 radical (unpaired) electrons. The van der Waals surface area contributed by atoms with Gasteiger partial charge < -0.3 is 4.90 Å². The fourth-order valence-corrected chi connectivity index (χ4v) is 4.32. The second-order valence-electron chi connectivity index (χ2n) is 6.85. The van der Waals surface area contributed by atoms with Crippen LogP contribution in [0.4, 0.5) is 26.3 Å². The number of hydrogen-bond donors (Lipinski definition) is 0. The van der Waals surface area contributed by atoms with Gasteiger partial charge in [0, 0.05) is 34.5 Å². The van der Waals surface area contributed by atoms with E-state index in [-0.39, 0.29) is 11.6 Å². The zero-order chi connectivity index (χ0) is 20.2. The van der Waals surface area contributed by atoms with E-state index in [4.69, 9.17) is 0 Å². The molecule has 0 aromatic rings. The Morgan fingerprint density at radius 3 is 2.15 bits per heavy atom. The van der Waals surface area contributed by atoms with E-state index in [0.29, 0.717) is 24.2 Å². The Kier molecular flexibility index (Phi) is 4.48. The number of halogens is 6. The van der Waals surface area contributed by atoms with Gasteiger partial charge in [0.15, 0.2) is 0 Å². The minimum Gasteiger partial charge on any atom is -0.321 e. The van der Waals surface area contributed by atoms with Crippen molar-refractivity contribution in [2.45, 2.75) is 39.0 Å². The molecule has 27 heavy (non-hydrogen) atoms. The van der Waals surface area contributed by atoms with Crippen molar-refractivity contribution < 1.29 is 26.3 Å². The molecule has 0 aromatic carbocycles. The van der Waals surface area contributed by atoms with Crippen molar-refractivity contribution in [1.29, 1.82) is 0 Å². The number of rotatable bonds is 2. The van der Waals surface area contributed by atoms with Crippen molar-refractivity contribution >= 4 is 0 Å². The lowest BCUT2D eigenvalue weighted by molar-refractivity contribution is -0.107. The summed E-state index contributed by atoms with van der Waals surface area (Å²) in [6.07, 6.45) is -1.54. The molecule has 0 bridgehead atoms. The van der Waals surface area contributed by atoms with Gasteiger partial charge in [-0.1, -0.05) is 26.5 Å². The molecule has 146 valence electrons. The Labute approximate surface area is 153 Å². The van der Waals surface area contributed by atoms with Gasteiger partial charge in [0.05, 0.1) is 5.57 Å². The van der Waals surface area contributed by atoms with Crippen LogP contribution in [-0.4, -0.2) is 17.3 Å². The average molecular weight is 387 g/mol. The summed E-state index contributed by atoms with van der Waals surface area (Å²) in [5.74, 6) is -1.23. The van der Waals surface area contributed by atoms with Crippen LogP contribution in [0.5, 0.6) is 0 Å². The Bertz CT molecular complexity index is 812. The molecule has 1 nitrogen and oxygen atoms in total. The smallest absolute Gasteiger partial charge is 0.321 e. The monoisotopic (exact) mass is 387 g/mol. The van der Waals surface area contributed by atoms with Crippen LogP contribution in [0.1, 0.15) is 26.7 Å². The van der Waals surface area contributed by atoms with Gasteiger partial charge in [-0.15, -0.1) is 0 Å². The van der Waals surface area contributed by atoms with Crippen LogP contribution in [-0.2, 0) is 0 Å². The minimum absolute atomic E-state index is 0.0360. The summed E-state index contributed by atoms with van der Waals surface area (Å²) in [4.78, 5) is 1.61. The van der Waals surface area contributed by atoms with Gasteiger partial charge >= 0.3 is 12.4 Å². The van der Waals surface area contributed by atoms with E-state index < -0.39 is 34.8 Å². The summed E-state index contributed by atoms with van der Waals surface area (Å²) in [6.45, 7) is 7.53. The highest BCUT2D eigenvalue weighted by molar-refractivity contribution is 5.57. The summed E-state index contributed by atoms with van der Waals surface area (Å²) < 4.78 is 81.7. The van der Waals surface area contributed by atoms with Crippen molar-refractivity contribution in [3.8, 4) is 0 Å². The highest BCUT2D eigenvalue weighted by atomic mass is 19.4. The fourth-order valence-electron chi connectivity index (χ4n) is 4.32. The van der Waals surface area contributed by atoms with E-state index in [0.717, 1.165) is 6.08 Å². The topological polar surface area (TPSA) is 3.24 Å². The van der Waals surface area contributed by atoms with Crippen LogP contribution in [0.25, 0.3) is 0 Å². The molecule has 7 heteroatoms. The number of nitrogens with zero attached hydrogens (tertiary/aromatic N) is 1. The lowest BCUT2D eigenvalue weighted by Crippen LogP contribution is -2.47. The number of alkyl halides is 6. The molecule has 1 atom stereocenters. The molecule has 3 rings (SSSR count). The second-order valence-corrected chi connectivity index (χ2v) is 6.85. The maximum absolute atomic E-state index is 13.9. The lowest BCUT2D eigenvalue weighted by Gasteiger charge is -2.52. The van der Waals surface area contributed by atoms with E-state index in [9.17, 15) is 26.3 Å². The average Bonchev–Trinajstić information content (AvgIpc) is 2.60. The third-order valence-electron chi connectivity index (χ3n) is 5.73. The fraction of sp³-hybridized carbons (Fsp3) is 0.400. The van der Waals surface area contributed by atoms with Crippen LogP contribution < -0.4 is 0 Å². The Balaban J connectivity index is 2.38. The van der Waals surface area contributed by atoms with Crippen LogP contribution >= 0.6 is 0 Å². The molecule has 0 saturated heterocycles. The molecule has 0 N–H and O–H groups in total. The zero-order valence-electron chi connectivity index (χ0n) is 14.9. The zero-order valence-corrected chi connectivity index (χ0v) is 14.9. The number of fused-ring (bicyclic) bond motifs is 2. The quantitative estimate of drug-likeness (QED) is 0.485. The number of hydrogen-bond acceptors (Lipinski definition) is 1. The molecular weight excluding hydrogens is 368 g/mol. The Morgan fingerprint density at radius 2 is 1.63 bits per heavy atom. The SMILES string of the molecule is C=C1N2C=CC=CC2=C2C=C(C(F)(F)F)C=C(C(F)(F)F)C2C1(CC)CC. The normalized spacial score (nSPS) is 24.5. The van der Waals surface area contributed by atoms with Crippen LogP contribution in [0.3, 0.4) is 0 Å². The predicted octanol–water partition coefficient (Wildman–Crippen LogP) is 6.57. The van der Waals surface area contributed by atoms with Gasteiger partial charge in [-0.25, -0.2) is 0 Å². The summed E-state index contributed by atoms with van der Waals surface area (Å²) in [5.41, 5.74) is -2.66. The van der Waals surface area contributed by atoms with Gasteiger partial charge in [-0.3, -0.25) is 0 Å². The van der Waals surface area contributed by atoms with Gasteiger partial charge in [0.25, 0.3) is 0 Å². The molecule has 0 spiro atoms. The van der Waals surface area contributed by atoms with E-state index in [1.54, 1.807) is 37.1 Å². The largest absolute Gasteiger partial charge is 0.416 e. The van der Waals surface area contributed by atoms with Crippen molar-refractivity contribution in [2.24, 2.45) is 11.3 Å². The highest BCUT2D eigenvalue weighted by Crippen LogP contribution is 2.59. The molecule has 2 heterocycles. The molecule has 1 unspecified atom stereocenters. The van der Waals surface area contributed by atoms with E-state index in [1.807, 2.05) is 0 Å². The molecule has 3 aliphatic rings. The van der Waals surface area contributed by atoms with Gasteiger partial charge in [0.2, 0.25) is 0 Å². The van der Waals surface area contributed by atoms with Crippen molar-refractivity contribution in [1.82, 2.24) is 4.90 Å². The summed E-state index contributed by atoms with van der Waals surface area (Å²) in [6, 6.07) is 0. The van der Waals surface area contributed by atoms with Crippen molar-refractivity contribution in [3.63, 3.8) is 0 Å². The molecule has 0 aromatic heterocycles. The second kappa shape index (κ2) is 6.17. The highest BCUT2D eigenvalue weighted by Gasteiger charge is 2.56. The van der Waals surface area contributed by atoms with Crippen LogP contribution in [0.2, 0.25) is 0 Å². The van der Waals surface area contributed by atoms with E-state index in [2.05, 4.69) is 6.58 Å². The predicted molar refractivity (Wildman–Crippen MR) is 91.1 cm³/mol. The van der Waals surface area contributed by atoms with Crippen LogP contribution in [0, 0.1) is 11.3 Å². The molecule has 0 saturated carbocycles. The molecule has 1 aliphatic carbocycles. The van der Waals surface area contributed by atoms with Gasteiger partial charge in [0.1, 0.15) is 0 Å². The first-order chi connectivity index (χ1) is 12.5. The van der Waals surface area contributed by atoms with E-state index >= 15 is 0 Å². The summed E-state index contributed by atoms with van der Waals surface area (Å²) >= 11 is 0. The minimum atomic E-state index is -4.88. The standard InChI is InChI=1S/C20H19F6N/c1-4-18(5-2)12(3)27-9-7-6-8-16(27)14-10-13(19(21,22)23)11-15(17(14)18)20(24,25)26/h6-11,17H,3-5H2,1-2H3. The molecule has 0 amide bonds. The lowest BCUT2D eigenvalue weighted by atomic mass is 9.59. The first-order valence-electron chi connectivity index (χ1n) is 8.62. The maximum atomic E-state index is 13.9. The van der Waals surface area contributed by atoms with Crippen molar-refractivity contribution in [3.05, 3.63) is 71.3 Å². The van der Waals surface area contributed by atoms with E-state index in [1.165, 1.54) is 6.08 Å². The maximum Gasteiger partial charge on any atom is 0.416 e.